The molecular weight excluding hydrogens is 445 g/mol. The first-order valence-corrected chi connectivity index (χ1v) is 10.3. The van der Waals surface area contributed by atoms with Crippen molar-refractivity contribution in [2.75, 3.05) is 5.32 Å². The highest BCUT2D eigenvalue weighted by Gasteiger charge is 2.24. The second-order valence-corrected chi connectivity index (χ2v) is 8.50. The van der Waals surface area contributed by atoms with E-state index in [0.29, 0.717) is 16.9 Å². The molecule has 1 heterocycles. The fraction of sp³-hybridized carbons (Fsp3) is 0.0526. The smallest absolute Gasteiger partial charge is 0.255 e. The highest BCUT2D eigenvalue weighted by atomic mass is 35.5. The predicted molar refractivity (Wildman–Crippen MR) is 102 cm³/mol. The average molecular weight is 457 g/mol. The molecule has 0 atom stereocenters. The van der Waals surface area contributed by atoms with Crippen LogP contribution in [-0.4, -0.2) is 14.3 Å². The molecule has 1 amide bonds. The Morgan fingerprint density at radius 2 is 1.73 bits per heavy atom. The van der Waals surface area contributed by atoms with Crippen LogP contribution in [0.15, 0.2) is 59.6 Å². The van der Waals surface area contributed by atoms with Gasteiger partial charge in [-0.3, -0.25) is 4.79 Å². The molecular formula is C19H12ClF3N2O4S. The van der Waals surface area contributed by atoms with Gasteiger partial charge in [0.15, 0.2) is 33.5 Å². The largest absolute Gasteiger partial charge is 0.618 e. The van der Waals surface area contributed by atoms with Gasteiger partial charge in [0.25, 0.3) is 5.91 Å². The van der Waals surface area contributed by atoms with Crippen LogP contribution in [0.25, 0.3) is 0 Å². The molecule has 30 heavy (non-hydrogen) atoms. The number of carbonyl (C=O) groups excluding carboxylic acids is 1. The summed E-state index contributed by atoms with van der Waals surface area (Å²) in [5.74, 6) is -6.27. The number of halogens is 4. The number of hydrogen-bond acceptors (Lipinski definition) is 4. The first-order chi connectivity index (χ1) is 14.1. The summed E-state index contributed by atoms with van der Waals surface area (Å²) in [6.45, 7) is 0. The van der Waals surface area contributed by atoms with Crippen molar-refractivity contribution in [2.24, 2.45) is 0 Å². The lowest BCUT2D eigenvalue weighted by atomic mass is 10.2. The number of nitrogens with zero attached hydrogens (tertiary/aromatic N) is 1. The molecule has 3 aromatic rings. The Hall–Kier alpha value is -3.11. The van der Waals surface area contributed by atoms with Crippen LogP contribution in [0.1, 0.15) is 16.1 Å². The SMILES string of the molecule is O=C(Nc1cc(F)c(F)c(F)c1)c1ccc(Cl)c(S(=O)(=O)Cc2cccc[n+]2[O-])c1. The molecule has 0 saturated heterocycles. The van der Waals surface area contributed by atoms with Crippen LogP contribution in [0.5, 0.6) is 0 Å². The Labute approximate surface area is 174 Å². The van der Waals surface area contributed by atoms with Crippen LogP contribution >= 0.6 is 11.6 Å². The van der Waals surface area contributed by atoms with E-state index >= 15 is 0 Å². The summed E-state index contributed by atoms with van der Waals surface area (Å²) in [4.78, 5) is 12.0. The summed E-state index contributed by atoms with van der Waals surface area (Å²) in [6, 6.07) is 8.73. The van der Waals surface area contributed by atoms with E-state index in [1.165, 1.54) is 24.3 Å². The number of hydrogen-bond donors (Lipinski definition) is 1. The number of sulfone groups is 1. The number of pyridine rings is 1. The van der Waals surface area contributed by atoms with Crippen LogP contribution < -0.4 is 10.0 Å². The van der Waals surface area contributed by atoms with E-state index in [4.69, 9.17) is 11.6 Å². The Morgan fingerprint density at radius 3 is 2.37 bits per heavy atom. The van der Waals surface area contributed by atoms with Gasteiger partial charge in [-0.15, -0.1) is 0 Å². The van der Waals surface area contributed by atoms with Crippen molar-refractivity contribution in [2.45, 2.75) is 10.6 Å². The van der Waals surface area contributed by atoms with Crippen LogP contribution in [0, 0.1) is 22.7 Å². The molecule has 0 saturated carbocycles. The van der Waals surface area contributed by atoms with Crippen molar-refractivity contribution < 1.29 is 31.1 Å². The third-order valence-electron chi connectivity index (χ3n) is 4.01. The van der Waals surface area contributed by atoms with Crippen molar-refractivity contribution >= 4 is 33.0 Å². The normalized spacial score (nSPS) is 11.3. The lowest BCUT2D eigenvalue weighted by Crippen LogP contribution is -2.32. The van der Waals surface area contributed by atoms with Crippen molar-refractivity contribution in [3.8, 4) is 0 Å². The molecule has 0 unspecified atom stereocenters. The van der Waals surface area contributed by atoms with Gasteiger partial charge in [-0.25, -0.2) is 21.6 Å². The van der Waals surface area contributed by atoms with Gasteiger partial charge in [-0.05, 0) is 24.3 Å². The van der Waals surface area contributed by atoms with Crippen molar-refractivity contribution in [1.82, 2.24) is 0 Å². The van der Waals surface area contributed by atoms with Crippen molar-refractivity contribution in [3.05, 3.63) is 93.7 Å². The number of nitrogens with one attached hydrogen (secondary N) is 1. The van der Waals surface area contributed by atoms with Crippen LogP contribution in [0.2, 0.25) is 5.02 Å². The van der Waals surface area contributed by atoms with Gasteiger partial charge in [0, 0.05) is 35.5 Å². The Morgan fingerprint density at radius 1 is 1.07 bits per heavy atom. The van der Waals surface area contributed by atoms with E-state index in [2.05, 4.69) is 5.32 Å². The summed E-state index contributed by atoms with van der Waals surface area (Å²) in [6.07, 6.45) is 1.14. The van der Waals surface area contributed by atoms with E-state index in [9.17, 15) is 31.6 Å². The monoisotopic (exact) mass is 456 g/mol. The summed E-state index contributed by atoms with van der Waals surface area (Å²) in [7, 11) is -4.12. The first-order valence-electron chi connectivity index (χ1n) is 8.24. The van der Waals surface area contributed by atoms with E-state index in [-0.39, 0.29) is 22.0 Å². The second-order valence-electron chi connectivity index (χ2n) is 6.13. The van der Waals surface area contributed by atoms with Crippen LogP contribution in [0.3, 0.4) is 0 Å². The molecule has 0 spiro atoms. The van der Waals surface area contributed by atoms with Crippen molar-refractivity contribution in [3.63, 3.8) is 0 Å². The summed E-state index contributed by atoms with van der Waals surface area (Å²) in [5.41, 5.74) is -0.612. The second kappa shape index (κ2) is 8.33. The van der Waals surface area contributed by atoms with Gasteiger partial charge in [-0.2, -0.15) is 4.73 Å². The van der Waals surface area contributed by atoms with Gasteiger partial charge in [0.1, 0.15) is 5.75 Å². The van der Waals surface area contributed by atoms with Crippen LogP contribution in [0.4, 0.5) is 18.9 Å². The number of amides is 1. The zero-order chi connectivity index (χ0) is 22.1. The van der Waals surface area contributed by atoms with E-state index in [0.717, 1.165) is 18.3 Å². The lowest BCUT2D eigenvalue weighted by molar-refractivity contribution is -0.612. The maximum atomic E-state index is 13.3. The Bertz CT molecular complexity index is 1230. The quantitative estimate of drug-likeness (QED) is 0.361. The van der Waals surface area contributed by atoms with Crippen LogP contribution in [-0.2, 0) is 15.6 Å². The Kier molecular flexibility index (Phi) is 5.99. The number of benzene rings is 2. The van der Waals surface area contributed by atoms with E-state index in [1.807, 2.05) is 0 Å². The maximum absolute atomic E-state index is 13.3. The zero-order valence-corrected chi connectivity index (χ0v) is 16.5. The lowest BCUT2D eigenvalue weighted by Gasteiger charge is -2.10. The topological polar surface area (TPSA) is 90.2 Å². The first kappa shape index (κ1) is 21.6. The fourth-order valence-electron chi connectivity index (χ4n) is 2.56. The van der Waals surface area contributed by atoms with Gasteiger partial charge in [0.05, 0.1) is 9.92 Å². The van der Waals surface area contributed by atoms with Gasteiger partial charge >= 0.3 is 0 Å². The minimum absolute atomic E-state index is 0.0549. The average Bonchev–Trinajstić information content (AvgIpc) is 2.68. The molecule has 1 N–H and O–H groups in total. The maximum Gasteiger partial charge on any atom is 0.255 e. The van der Waals surface area contributed by atoms with Crippen molar-refractivity contribution in [1.29, 1.82) is 0 Å². The summed E-state index contributed by atoms with van der Waals surface area (Å²) < 4.78 is 65.5. The molecule has 0 bridgehead atoms. The predicted octanol–water partition coefficient (Wildman–Crippen LogP) is 3.62. The molecule has 156 valence electrons. The summed E-state index contributed by atoms with van der Waals surface area (Å²) >= 11 is 5.97. The fourth-order valence-corrected chi connectivity index (χ4v) is 4.47. The van der Waals surface area contributed by atoms with Gasteiger partial charge in [-0.1, -0.05) is 11.6 Å². The molecule has 1 aromatic heterocycles. The molecule has 0 aliphatic rings. The number of aromatic nitrogens is 1. The van der Waals surface area contributed by atoms with E-state index < -0.39 is 43.8 Å². The Balaban J connectivity index is 1.91. The highest BCUT2D eigenvalue weighted by molar-refractivity contribution is 7.90. The third kappa shape index (κ3) is 4.55. The van der Waals surface area contributed by atoms with Gasteiger partial charge in [0.2, 0.25) is 5.69 Å². The number of rotatable bonds is 5. The molecule has 3 rings (SSSR count). The molecule has 2 aromatic carbocycles. The minimum atomic E-state index is -4.12. The molecule has 0 aliphatic carbocycles. The zero-order valence-electron chi connectivity index (χ0n) is 14.9. The minimum Gasteiger partial charge on any atom is -0.618 e. The van der Waals surface area contributed by atoms with Gasteiger partial charge < -0.3 is 10.5 Å². The van der Waals surface area contributed by atoms with E-state index in [1.54, 1.807) is 0 Å². The molecule has 0 aliphatic heterocycles. The molecule has 11 heteroatoms. The molecule has 0 radical (unpaired) electrons. The third-order valence-corrected chi connectivity index (χ3v) is 6.14. The summed E-state index contributed by atoms with van der Waals surface area (Å²) in [5, 5.41) is 13.7. The molecule has 0 fully saturated rings. The number of anilines is 1. The highest BCUT2D eigenvalue weighted by Crippen LogP contribution is 2.26. The molecule has 6 nitrogen and oxygen atoms in total. The standard InChI is InChI=1S/C19H12ClF3N2O4S/c20-14-5-4-11(19(26)24-12-8-15(21)18(23)16(22)9-12)7-17(14)30(28,29)10-13-3-1-2-6-25(13)27/h1-9H,10H2,(H,24,26). The number of carbonyl (C=O) groups is 1.